The lowest BCUT2D eigenvalue weighted by atomic mass is 10.0. The molecule has 6 nitrogen and oxygen atoms in total. The zero-order valence-electron chi connectivity index (χ0n) is 16.8. The molecule has 2 N–H and O–H groups in total. The number of nitrogens with two attached hydrogens (primary N) is 1. The van der Waals surface area contributed by atoms with Crippen molar-refractivity contribution in [2.45, 2.75) is 26.9 Å². The highest BCUT2D eigenvalue weighted by atomic mass is 19.4. The van der Waals surface area contributed by atoms with Gasteiger partial charge in [0.1, 0.15) is 17.3 Å². The maximum absolute atomic E-state index is 14.2. The van der Waals surface area contributed by atoms with Crippen LogP contribution in [0, 0.1) is 12.7 Å². The minimum atomic E-state index is -4.87. The summed E-state index contributed by atoms with van der Waals surface area (Å²) in [6.45, 7) is 5.70. The Kier molecular flexibility index (Phi) is 6.09. The van der Waals surface area contributed by atoms with E-state index in [0.29, 0.717) is 28.7 Å². The van der Waals surface area contributed by atoms with E-state index >= 15 is 0 Å². The topological polar surface area (TPSA) is 87.1 Å². The third kappa shape index (κ3) is 4.42. The van der Waals surface area contributed by atoms with E-state index in [1.807, 2.05) is 13.8 Å². The molecule has 2 heterocycles. The summed E-state index contributed by atoms with van der Waals surface area (Å²) in [6.07, 6.45) is -2.30. The van der Waals surface area contributed by atoms with Gasteiger partial charge in [0.25, 0.3) is 0 Å². The van der Waals surface area contributed by atoms with E-state index in [9.17, 15) is 17.6 Å². The lowest BCUT2D eigenvalue weighted by Gasteiger charge is -2.16. The summed E-state index contributed by atoms with van der Waals surface area (Å²) in [4.78, 5) is 0. The van der Waals surface area contributed by atoms with Gasteiger partial charge in [0.2, 0.25) is 0 Å². The number of rotatable bonds is 3. The Morgan fingerprint density at radius 3 is 2.42 bits per heavy atom. The highest BCUT2D eigenvalue weighted by molar-refractivity contribution is 5.89. The molecule has 0 aliphatic rings. The zero-order chi connectivity index (χ0) is 22.8. The van der Waals surface area contributed by atoms with Crippen LogP contribution in [0.5, 0.6) is 11.5 Å². The summed E-state index contributed by atoms with van der Waals surface area (Å²) in [5.74, 6) is -1.14. The van der Waals surface area contributed by atoms with Gasteiger partial charge in [0.15, 0.2) is 11.4 Å². The number of ether oxygens (including phenoxy) is 1. The average Bonchev–Trinajstić information content (AvgIpc) is 3.09. The summed E-state index contributed by atoms with van der Waals surface area (Å²) < 4.78 is 64.7. The molecule has 2 aromatic carbocycles. The lowest BCUT2D eigenvalue weighted by Crippen LogP contribution is -2.09. The number of hydrogen-bond acceptors (Lipinski definition) is 6. The Labute approximate surface area is 174 Å². The molecule has 0 spiro atoms. The summed E-state index contributed by atoms with van der Waals surface area (Å²) in [7, 11) is 0. The van der Waals surface area contributed by atoms with Crippen LogP contribution in [0.15, 0.2) is 47.2 Å². The van der Waals surface area contributed by atoms with Gasteiger partial charge in [0.05, 0.1) is 23.3 Å². The van der Waals surface area contributed by atoms with E-state index in [2.05, 4.69) is 15.4 Å². The van der Waals surface area contributed by atoms with Gasteiger partial charge in [-0.05, 0) is 30.7 Å². The maximum Gasteiger partial charge on any atom is 0.419 e. The first-order chi connectivity index (χ1) is 14.7. The smallest absolute Gasteiger partial charge is 0.419 e. The van der Waals surface area contributed by atoms with Gasteiger partial charge in [0, 0.05) is 23.3 Å². The molecule has 10 heteroatoms. The van der Waals surface area contributed by atoms with E-state index in [4.69, 9.17) is 15.0 Å². The summed E-state index contributed by atoms with van der Waals surface area (Å²) in [5.41, 5.74) is 5.51. The largest absolute Gasteiger partial charge is 0.456 e. The van der Waals surface area contributed by atoms with Crippen molar-refractivity contribution in [1.82, 2.24) is 15.4 Å². The number of aryl methyl sites for hydroxylation is 1. The molecule has 0 saturated heterocycles. The molecule has 4 aromatic rings. The van der Waals surface area contributed by atoms with Gasteiger partial charge >= 0.3 is 6.18 Å². The molecule has 0 radical (unpaired) electrons. The molecule has 0 atom stereocenters. The molecular weight excluding hydrogens is 416 g/mol. The van der Waals surface area contributed by atoms with Gasteiger partial charge in [-0.3, -0.25) is 0 Å². The second-order valence-electron chi connectivity index (χ2n) is 6.24. The summed E-state index contributed by atoms with van der Waals surface area (Å²) in [5, 5.41) is 11.5. The van der Waals surface area contributed by atoms with E-state index in [1.54, 1.807) is 13.0 Å². The van der Waals surface area contributed by atoms with Crippen LogP contribution in [0.25, 0.3) is 22.1 Å². The highest BCUT2D eigenvalue weighted by Gasteiger charge is 2.35. The molecular formula is C21H18F4N4O2. The number of hydrogen-bond donors (Lipinski definition) is 1. The first-order valence-corrected chi connectivity index (χ1v) is 9.25. The number of benzene rings is 2. The third-order valence-corrected chi connectivity index (χ3v) is 4.29. The third-order valence-electron chi connectivity index (χ3n) is 4.29. The molecule has 0 unspecified atom stereocenters. The molecule has 2 aromatic heterocycles. The van der Waals surface area contributed by atoms with Crippen molar-refractivity contribution in [2.75, 3.05) is 5.73 Å². The molecule has 0 aliphatic carbocycles. The Morgan fingerprint density at radius 1 is 1.03 bits per heavy atom. The van der Waals surface area contributed by atoms with Crippen LogP contribution in [0.3, 0.4) is 0 Å². The molecule has 0 saturated carbocycles. The van der Waals surface area contributed by atoms with E-state index in [-0.39, 0.29) is 28.4 Å². The van der Waals surface area contributed by atoms with Crippen LogP contribution in [0.1, 0.15) is 25.0 Å². The van der Waals surface area contributed by atoms with Crippen LogP contribution in [-0.2, 0) is 6.18 Å². The lowest BCUT2D eigenvalue weighted by molar-refractivity contribution is -0.139. The molecule has 0 amide bonds. The standard InChI is InChI=1S/C19H12F4N4O2.C2H6/c1-9-4-12-17(29-27-18(12)24)7-15(9)28-16-6-14(20)13(19(21,22)23)5-11(16)10-2-3-25-26-8-10;1-2/h2-8H,1H3,(H2,24,27);1-2H3. The minimum Gasteiger partial charge on any atom is -0.456 e. The van der Waals surface area contributed by atoms with Crippen LogP contribution in [0.4, 0.5) is 23.4 Å². The maximum atomic E-state index is 14.2. The predicted molar refractivity (Wildman–Crippen MR) is 107 cm³/mol. The Balaban J connectivity index is 0.00000132. The van der Waals surface area contributed by atoms with E-state index < -0.39 is 17.6 Å². The van der Waals surface area contributed by atoms with Gasteiger partial charge in [-0.15, -0.1) is 0 Å². The van der Waals surface area contributed by atoms with Crippen molar-refractivity contribution in [1.29, 1.82) is 0 Å². The molecule has 31 heavy (non-hydrogen) atoms. The van der Waals surface area contributed by atoms with Crippen LogP contribution in [-0.4, -0.2) is 15.4 Å². The number of nitrogens with zero attached hydrogens (tertiary/aromatic N) is 3. The summed E-state index contributed by atoms with van der Waals surface area (Å²) >= 11 is 0. The zero-order valence-corrected chi connectivity index (χ0v) is 16.8. The number of fused-ring (bicyclic) bond motifs is 1. The number of aromatic nitrogens is 3. The fraction of sp³-hybridized carbons (Fsp3) is 0.190. The summed E-state index contributed by atoms with van der Waals surface area (Å²) in [6, 6.07) is 5.96. The molecule has 162 valence electrons. The average molecular weight is 434 g/mol. The fourth-order valence-corrected chi connectivity index (χ4v) is 2.85. The normalized spacial score (nSPS) is 11.2. The van der Waals surface area contributed by atoms with E-state index in [1.165, 1.54) is 24.5 Å². The van der Waals surface area contributed by atoms with Crippen molar-refractivity contribution >= 4 is 16.8 Å². The second kappa shape index (κ2) is 8.58. The SMILES string of the molecule is CC.Cc1cc2c(N)noc2cc1Oc1cc(F)c(C(F)(F)F)cc1-c1ccnnc1. The Bertz CT molecular complexity index is 1210. The van der Waals surface area contributed by atoms with E-state index in [0.717, 1.165) is 0 Å². The Morgan fingerprint density at radius 2 is 1.77 bits per heavy atom. The quantitative estimate of drug-likeness (QED) is 0.389. The minimum absolute atomic E-state index is 0.00482. The Hall–Kier alpha value is -3.69. The van der Waals surface area contributed by atoms with Crippen molar-refractivity contribution in [2.24, 2.45) is 0 Å². The van der Waals surface area contributed by atoms with Gasteiger partial charge < -0.3 is 15.0 Å². The molecule has 4 rings (SSSR count). The molecule has 0 aliphatic heterocycles. The predicted octanol–water partition coefficient (Wildman–Crippen LogP) is 6.15. The van der Waals surface area contributed by atoms with Gasteiger partial charge in [-0.2, -0.15) is 23.4 Å². The number of halogens is 4. The highest BCUT2D eigenvalue weighted by Crippen LogP contribution is 2.41. The number of nitrogen functional groups attached to an aromatic ring is 1. The van der Waals surface area contributed by atoms with Crippen LogP contribution >= 0.6 is 0 Å². The molecule has 0 bridgehead atoms. The first-order valence-electron chi connectivity index (χ1n) is 9.25. The second-order valence-corrected chi connectivity index (χ2v) is 6.24. The van der Waals surface area contributed by atoms with Gasteiger partial charge in [-0.1, -0.05) is 19.0 Å². The number of alkyl halides is 3. The number of anilines is 1. The van der Waals surface area contributed by atoms with Crippen molar-refractivity contribution < 1.29 is 26.8 Å². The van der Waals surface area contributed by atoms with Gasteiger partial charge in [-0.25, -0.2) is 4.39 Å². The van der Waals surface area contributed by atoms with Crippen molar-refractivity contribution in [3.05, 3.63) is 59.7 Å². The fourth-order valence-electron chi connectivity index (χ4n) is 2.85. The van der Waals surface area contributed by atoms with Crippen LogP contribution in [0.2, 0.25) is 0 Å². The first kappa shape index (κ1) is 22.0. The van der Waals surface area contributed by atoms with Crippen molar-refractivity contribution in [3.63, 3.8) is 0 Å². The van der Waals surface area contributed by atoms with Crippen LogP contribution < -0.4 is 10.5 Å². The molecule has 0 fully saturated rings. The monoisotopic (exact) mass is 434 g/mol. The van der Waals surface area contributed by atoms with Crippen molar-refractivity contribution in [3.8, 4) is 22.6 Å².